The first-order valence-corrected chi connectivity index (χ1v) is 13.8. The summed E-state index contributed by atoms with van der Waals surface area (Å²) in [6, 6.07) is 13.7. The highest BCUT2D eigenvalue weighted by atomic mass is 32.2. The van der Waals surface area contributed by atoms with E-state index in [9.17, 15) is 18.0 Å². The number of nitrogens with zero attached hydrogens (tertiary/aromatic N) is 2. The fraction of sp³-hybridized carbons (Fsp3) is 0.0741. The molecule has 2 heterocycles. The molecule has 9 nitrogen and oxygen atoms in total. The molecule has 0 fully saturated rings. The van der Waals surface area contributed by atoms with Crippen molar-refractivity contribution in [2.45, 2.75) is 18.2 Å². The zero-order chi connectivity index (χ0) is 27.4. The number of amides is 1. The Morgan fingerprint density at radius 3 is 2.55 bits per heavy atom. The summed E-state index contributed by atoms with van der Waals surface area (Å²) in [5.74, 6) is -0.694. The number of H-pyrrole nitrogens is 1. The van der Waals surface area contributed by atoms with Crippen LogP contribution in [0.5, 0.6) is 0 Å². The number of hydrogen-bond donors (Lipinski definition) is 3. The normalized spacial score (nSPS) is 12.2. The molecule has 38 heavy (non-hydrogen) atoms. The number of carbonyl (C=O) groups excluding carboxylic acids is 1. The predicted molar refractivity (Wildman–Crippen MR) is 150 cm³/mol. The standard InChI is InChI=1S/C27H25N5O4S2/c1-3-6-18(7-4-2)19-8-5-9-20(15-19)24-22(14-17-10-12-21(13-11-17)38(29,35)36)26(34)32(31-24)27-30-23(16-37-27)25(28)33/h3-13,15-16,31H,1,14H2,2H3,(H2,28,33)(H2,29,35,36)/b7-4-,18-6+. The molecule has 0 saturated heterocycles. The largest absolute Gasteiger partial charge is 0.364 e. The van der Waals surface area contributed by atoms with Gasteiger partial charge in [0, 0.05) is 22.9 Å². The van der Waals surface area contributed by atoms with Gasteiger partial charge >= 0.3 is 0 Å². The molecule has 0 aliphatic rings. The van der Waals surface area contributed by atoms with Gasteiger partial charge < -0.3 is 5.73 Å². The second kappa shape index (κ2) is 11.0. The Hall–Kier alpha value is -4.32. The van der Waals surface area contributed by atoms with Gasteiger partial charge in [-0.15, -0.1) is 11.3 Å². The number of nitrogens with two attached hydrogens (primary N) is 2. The maximum Gasteiger partial charge on any atom is 0.277 e. The lowest BCUT2D eigenvalue weighted by atomic mass is 9.97. The van der Waals surface area contributed by atoms with Crippen molar-refractivity contribution in [1.29, 1.82) is 0 Å². The second-order valence-corrected chi connectivity index (χ2v) is 10.7. The van der Waals surface area contributed by atoms with Gasteiger partial charge in [0.2, 0.25) is 15.2 Å². The van der Waals surface area contributed by atoms with Crippen molar-refractivity contribution in [2.75, 3.05) is 0 Å². The third-order valence-electron chi connectivity index (χ3n) is 5.68. The van der Waals surface area contributed by atoms with E-state index in [0.717, 1.165) is 28.0 Å². The van der Waals surface area contributed by atoms with E-state index in [2.05, 4.69) is 16.7 Å². The van der Waals surface area contributed by atoms with Gasteiger partial charge in [-0.05, 0) is 41.8 Å². The third kappa shape index (κ3) is 5.65. The third-order valence-corrected chi connectivity index (χ3v) is 7.44. The molecule has 0 unspecified atom stereocenters. The number of sulfonamides is 1. The number of benzene rings is 2. The van der Waals surface area contributed by atoms with E-state index in [1.165, 1.54) is 22.2 Å². The molecule has 0 spiro atoms. The van der Waals surface area contributed by atoms with Crippen molar-refractivity contribution in [1.82, 2.24) is 14.8 Å². The van der Waals surface area contributed by atoms with Gasteiger partial charge in [-0.25, -0.2) is 18.5 Å². The number of hydrogen-bond acceptors (Lipinski definition) is 6. The molecular weight excluding hydrogens is 522 g/mol. The number of nitrogens with one attached hydrogen (secondary N) is 1. The second-order valence-electron chi connectivity index (χ2n) is 8.29. The number of primary sulfonamides is 1. The molecule has 0 aliphatic heterocycles. The number of rotatable bonds is 9. The first-order chi connectivity index (χ1) is 18.1. The molecule has 4 aromatic rings. The molecular formula is C27H25N5O4S2. The zero-order valence-corrected chi connectivity index (χ0v) is 22.1. The van der Waals surface area contributed by atoms with E-state index < -0.39 is 15.9 Å². The summed E-state index contributed by atoms with van der Waals surface area (Å²) in [5.41, 5.74) is 9.35. The van der Waals surface area contributed by atoms with Crippen molar-refractivity contribution in [3.8, 4) is 16.4 Å². The number of carbonyl (C=O) groups is 1. The van der Waals surface area contributed by atoms with Gasteiger partial charge in [0.15, 0.2) is 0 Å². The Morgan fingerprint density at radius 2 is 1.95 bits per heavy atom. The summed E-state index contributed by atoms with van der Waals surface area (Å²) in [4.78, 5) is 29.4. The number of aromatic nitrogens is 3. The predicted octanol–water partition coefficient (Wildman–Crippen LogP) is 3.77. The van der Waals surface area contributed by atoms with E-state index >= 15 is 0 Å². The molecule has 0 radical (unpaired) electrons. The molecule has 0 bridgehead atoms. The first-order valence-electron chi connectivity index (χ1n) is 11.4. The number of thiazole rings is 1. The van der Waals surface area contributed by atoms with Crippen molar-refractivity contribution >= 4 is 32.8 Å². The molecule has 11 heteroatoms. The Balaban J connectivity index is 1.87. The van der Waals surface area contributed by atoms with E-state index in [1.54, 1.807) is 18.2 Å². The zero-order valence-electron chi connectivity index (χ0n) is 20.4. The monoisotopic (exact) mass is 547 g/mol. The topological polar surface area (TPSA) is 154 Å². The summed E-state index contributed by atoms with van der Waals surface area (Å²) in [6.45, 7) is 5.71. The van der Waals surface area contributed by atoms with Crippen molar-refractivity contribution in [3.05, 3.63) is 118 Å². The molecule has 0 aliphatic carbocycles. The van der Waals surface area contributed by atoms with Crippen LogP contribution in [0.25, 0.3) is 22.0 Å². The minimum absolute atomic E-state index is 0.0204. The van der Waals surface area contributed by atoms with Gasteiger partial charge in [0.05, 0.1) is 10.6 Å². The van der Waals surface area contributed by atoms with Crippen LogP contribution in [0.2, 0.25) is 0 Å². The van der Waals surface area contributed by atoms with Crippen LogP contribution >= 0.6 is 11.3 Å². The van der Waals surface area contributed by atoms with Gasteiger partial charge in [0.1, 0.15) is 5.69 Å². The van der Waals surface area contributed by atoms with E-state index in [-0.39, 0.29) is 27.7 Å². The molecule has 4 rings (SSSR count). The minimum Gasteiger partial charge on any atom is -0.364 e. The van der Waals surface area contributed by atoms with Crippen LogP contribution in [-0.2, 0) is 16.4 Å². The average Bonchev–Trinajstić information content (AvgIpc) is 3.49. The van der Waals surface area contributed by atoms with Crippen LogP contribution in [0, 0.1) is 0 Å². The first kappa shape index (κ1) is 26.7. The molecule has 2 aromatic carbocycles. The number of primary amides is 1. The highest BCUT2D eigenvalue weighted by Gasteiger charge is 2.20. The lowest BCUT2D eigenvalue weighted by Crippen LogP contribution is -2.18. The van der Waals surface area contributed by atoms with E-state index in [4.69, 9.17) is 10.9 Å². The quantitative estimate of drug-likeness (QED) is 0.272. The van der Waals surface area contributed by atoms with Crippen molar-refractivity contribution < 1.29 is 13.2 Å². The van der Waals surface area contributed by atoms with Crippen LogP contribution in [0.4, 0.5) is 0 Å². The Morgan fingerprint density at radius 1 is 1.21 bits per heavy atom. The molecule has 194 valence electrons. The maximum absolute atomic E-state index is 13.6. The lowest BCUT2D eigenvalue weighted by Gasteiger charge is -2.08. The molecule has 0 atom stereocenters. The fourth-order valence-electron chi connectivity index (χ4n) is 3.90. The summed E-state index contributed by atoms with van der Waals surface area (Å²) < 4.78 is 24.6. The highest BCUT2D eigenvalue weighted by Crippen LogP contribution is 2.28. The Kier molecular flexibility index (Phi) is 7.72. The Bertz CT molecular complexity index is 1740. The summed E-state index contributed by atoms with van der Waals surface area (Å²) >= 11 is 1.10. The summed E-state index contributed by atoms with van der Waals surface area (Å²) in [6.07, 6.45) is 7.68. The number of aromatic amines is 1. The van der Waals surface area contributed by atoms with Gasteiger partial charge in [0.25, 0.3) is 11.5 Å². The maximum atomic E-state index is 13.6. The fourth-order valence-corrected chi connectivity index (χ4v) is 5.19. The van der Waals surface area contributed by atoms with Crippen LogP contribution in [-0.4, -0.2) is 29.1 Å². The van der Waals surface area contributed by atoms with Gasteiger partial charge in [-0.2, -0.15) is 4.68 Å². The summed E-state index contributed by atoms with van der Waals surface area (Å²) in [7, 11) is -3.85. The van der Waals surface area contributed by atoms with Crippen molar-refractivity contribution in [2.24, 2.45) is 10.9 Å². The molecule has 2 aromatic heterocycles. The molecule has 1 amide bonds. The Labute approximate surface area is 223 Å². The van der Waals surface area contributed by atoms with Crippen LogP contribution in [0.3, 0.4) is 0 Å². The van der Waals surface area contributed by atoms with E-state index in [0.29, 0.717) is 16.8 Å². The average molecular weight is 548 g/mol. The molecule has 0 saturated carbocycles. The smallest absolute Gasteiger partial charge is 0.277 e. The minimum atomic E-state index is -3.85. The SMILES string of the molecule is C=C/C=C(\C=C/C)c1cccc(-c2[nH]n(-c3nc(C(N)=O)cs3)c(=O)c2Cc2ccc(S(N)(=O)=O)cc2)c1. The summed E-state index contributed by atoms with van der Waals surface area (Å²) in [5, 5.41) is 10.1. The van der Waals surface area contributed by atoms with Gasteiger partial charge in [-0.3, -0.25) is 14.7 Å². The van der Waals surface area contributed by atoms with Crippen LogP contribution < -0.4 is 16.4 Å². The molecule has 5 N–H and O–H groups in total. The lowest BCUT2D eigenvalue weighted by molar-refractivity contribution is 0.0996. The van der Waals surface area contributed by atoms with Crippen LogP contribution in [0.1, 0.15) is 34.1 Å². The highest BCUT2D eigenvalue weighted by molar-refractivity contribution is 7.89. The van der Waals surface area contributed by atoms with Crippen molar-refractivity contribution in [3.63, 3.8) is 0 Å². The van der Waals surface area contributed by atoms with E-state index in [1.807, 2.05) is 49.4 Å². The number of allylic oxidation sites excluding steroid dienone is 5. The van der Waals surface area contributed by atoms with Crippen LogP contribution in [0.15, 0.2) is 94.5 Å². The van der Waals surface area contributed by atoms with Gasteiger partial charge in [-0.1, -0.05) is 61.2 Å².